The number of rotatable bonds is 5. The highest BCUT2D eigenvalue weighted by atomic mass is 32.1. The number of benzene rings is 2. The smallest absolute Gasteiger partial charge is 0.227 e. The molecular weight excluding hydrogens is 370 g/mol. The molecule has 1 amide bonds. The summed E-state index contributed by atoms with van der Waals surface area (Å²) < 4.78 is 6.01. The Labute approximate surface area is 169 Å². The molecule has 2 aromatic carbocycles. The minimum absolute atomic E-state index is 0.00300. The van der Waals surface area contributed by atoms with Gasteiger partial charge in [0.2, 0.25) is 5.91 Å². The number of amides is 1. The molecular formula is C22H23N3O2S. The van der Waals surface area contributed by atoms with Crippen LogP contribution < -0.4 is 15.0 Å². The summed E-state index contributed by atoms with van der Waals surface area (Å²) in [4.78, 5) is 19.4. The normalized spacial score (nSPS) is 14.7. The van der Waals surface area contributed by atoms with Crippen LogP contribution in [0.25, 0.3) is 0 Å². The van der Waals surface area contributed by atoms with Crippen LogP contribution in [0.5, 0.6) is 11.5 Å². The molecule has 5 nitrogen and oxygen atoms in total. The Kier molecular flexibility index (Phi) is 5.58. The summed E-state index contributed by atoms with van der Waals surface area (Å²) in [6.07, 6.45) is 3.47. The first-order valence-corrected chi connectivity index (χ1v) is 10.4. The number of hydrogen-bond donors (Lipinski definition) is 1. The van der Waals surface area contributed by atoms with E-state index >= 15 is 0 Å². The third-order valence-corrected chi connectivity index (χ3v) is 5.75. The van der Waals surface area contributed by atoms with E-state index in [-0.39, 0.29) is 11.8 Å². The second kappa shape index (κ2) is 8.44. The number of aromatic nitrogens is 1. The van der Waals surface area contributed by atoms with Gasteiger partial charge in [0.05, 0.1) is 5.69 Å². The molecule has 0 saturated carbocycles. The van der Waals surface area contributed by atoms with Gasteiger partial charge in [-0.25, -0.2) is 4.98 Å². The summed E-state index contributed by atoms with van der Waals surface area (Å²) in [6, 6.07) is 15.5. The fourth-order valence-electron chi connectivity index (χ4n) is 3.40. The Morgan fingerprint density at radius 1 is 1.18 bits per heavy atom. The van der Waals surface area contributed by atoms with Crippen molar-refractivity contribution in [2.24, 2.45) is 5.92 Å². The number of thiazole rings is 1. The summed E-state index contributed by atoms with van der Waals surface area (Å²) in [6.45, 7) is 3.73. The van der Waals surface area contributed by atoms with Crippen molar-refractivity contribution >= 4 is 28.1 Å². The van der Waals surface area contributed by atoms with Crippen LogP contribution in [-0.2, 0) is 4.79 Å². The van der Waals surface area contributed by atoms with Gasteiger partial charge in [0.15, 0.2) is 10.9 Å². The summed E-state index contributed by atoms with van der Waals surface area (Å²) in [5.74, 6) is 1.47. The van der Waals surface area contributed by atoms with Gasteiger partial charge < -0.3 is 15.0 Å². The van der Waals surface area contributed by atoms with Crippen LogP contribution in [0.2, 0.25) is 0 Å². The van der Waals surface area contributed by atoms with Crippen molar-refractivity contribution in [1.82, 2.24) is 4.98 Å². The van der Waals surface area contributed by atoms with E-state index in [4.69, 9.17) is 4.74 Å². The van der Waals surface area contributed by atoms with Crippen LogP contribution in [-0.4, -0.2) is 24.0 Å². The van der Waals surface area contributed by atoms with Gasteiger partial charge in [-0.05, 0) is 49.6 Å². The van der Waals surface area contributed by atoms with E-state index in [1.54, 1.807) is 11.3 Å². The lowest BCUT2D eigenvalue weighted by atomic mass is 9.96. The Bertz CT molecular complexity index is 934. The Morgan fingerprint density at radius 2 is 2.00 bits per heavy atom. The zero-order chi connectivity index (χ0) is 19.3. The molecule has 0 unspecified atom stereocenters. The van der Waals surface area contributed by atoms with E-state index in [9.17, 15) is 4.79 Å². The van der Waals surface area contributed by atoms with Crippen LogP contribution >= 0.6 is 11.3 Å². The fraction of sp³-hybridized carbons (Fsp3) is 0.273. The maximum absolute atomic E-state index is 12.8. The summed E-state index contributed by atoms with van der Waals surface area (Å²) in [5.41, 5.74) is 1.84. The number of ether oxygens (including phenoxy) is 1. The number of hydrogen-bond acceptors (Lipinski definition) is 5. The van der Waals surface area contributed by atoms with E-state index in [0.29, 0.717) is 11.4 Å². The number of aryl methyl sites for hydroxylation is 1. The van der Waals surface area contributed by atoms with Crippen LogP contribution in [0.1, 0.15) is 18.4 Å². The molecule has 0 bridgehead atoms. The average molecular weight is 394 g/mol. The molecule has 1 aliphatic heterocycles. The molecule has 2 heterocycles. The van der Waals surface area contributed by atoms with Crippen LogP contribution in [0.15, 0.2) is 60.1 Å². The predicted octanol–water partition coefficient (Wildman–Crippen LogP) is 5.10. The number of nitrogens with zero attached hydrogens (tertiary/aromatic N) is 2. The van der Waals surface area contributed by atoms with Crippen molar-refractivity contribution in [3.8, 4) is 11.5 Å². The van der Waals surface area contributed by atoms with Crippen LogP contribution in [0.3, 0.4) is 0 Å². The minimum Gasteiger partial charge on any atom is -0.455 e. The highest BCUT2D eigenvalue weighted by Gasteiger charge is 2.26. The van der Waals surface area contributed by atoms with E-state index in [2.05, 4.69) is 15.2 Å². The SMILES string of the molecule is Cc1cccc(Oc2ccccc2NC(=O)C2CCN(c3nccs3)CC2)c1. The molecule has 1 fully saturated rings. The number of carbonyl (C=O) groups is 1. The molecule has 28 heavy (non-hydrogen) atoms. The fourth-order valence-corrected chi connectivity index (χ4v) is 4.10. The second-order valence-electron chi connectivity index (χ2n) is 6.98. The lowest BCUT2D eigenvalue weighted by Gasteiger charge is -2.31. The quantitative estimate of drug-likeness (QED) is 0.655. The van der Waals surface area contributed by atoms with Gasteiger partial charge in [-0.1, -0.05) is 24.3 Å². The predicted molar refractivity (Wildman–Crippen MR) is 113 cm³/mol. The van der Waals surface area contributed by atoms with E-state index in [0.717, 1.165) is 42.4 Å². The van der Waals surface area contributed by atoms with Gasteiger partial charge in [-0.3, -0.25) is 4.79 Å². The number of anilines is 2. The maximum atomic E-state index is 12.8. The number of para-hydroxylation sites is 2. The molecule has 1 aromatic heterocycles. The van der Waals surface area contributed by atoms with Gasteiger partial charge in [0.25, 0.3) is 0 Å². The zero-order valence-electron chi connectivity index (χ0n) is 15.8. The van der Waals surface area contributed by atoms with E-state index in [1.807, 2.05) is 67.0 Å². The first kappa shape index (κ1) is 18.5. The summed E-state index contributed by atoms with van der Waals surface area (Å²) >= 11 is 1.64. The molecule has 1 saturated heterocycles. The van der Waals surface area contributed by atoms with Crippen molar-refractivity contribution in [2.75, 3.05) is 23.3 Å². The molecule has 3 aromatic rings. The number of carbonyl (C=O) groups excluding carboxylic acids is 1. The van der Waals surface area contributed by atoms with Crippen molar-refractivity contribution in [3.05, 3.63) is 65.7 Å². The summed E-state index contributed by atoms with van der Waals surface area (Å²) in [7, 11) is 0. The second-order valence-corrected chi connectivity index (χ2v) is 7.85. The highest BCUT2D eigenvalue weighted by molar-refractivity contribution is 7.13. The number of piperidine rings is 1. The third-order valence-electron chi connectivity index (χ3n) is 4.92. The maximum Gasteiger partial charge on any atom is 0.227 e. The van der Waals surface area contributed by atoms with Gasteiger partial charge >= 0.3 is 0 Å². The molecule has 1 aliphatic rings. The molecule has 0 atom stereocenters. The minimum atomic E-state index is 0.00300. The standard InChI is InChI=1S/C22H23N3O2S/c1-16-5-4-6-18(15-16)27-20-8-3-2-7-19(20)24-21(26)17-9-12-25(13-10-17)22-23-11-14-28-22/h2-8,11,14-15,17H,9-10,12-13H2,1H3,(H,24,26). The molecule has 1 N–H and O–H groups in total. The molecule has 144 valence electrons. The Balaban J connectivity index is 1.40. The van der Waals surface area contributed by atoms with Gasteiger partial charge in [-0.2, -0.15) is 0 Å². The first-order chi connectivity index (χ1) is 13.7. The van der Waals surface area contributed by atoms with Gasteiger partial charge in [0.1, 0.15) is 5.75 Å². The topological polar surface area (TPSA) is 54.5 Å². The van der Waals surface area contributed by atoms with Crippen molar-refractivity contribution < 1.29 is 9.53 Å². The molecule has 0 aliphatic carbocycles. The van der Waals surface area contributed by atoms with Crippen molar-refractivity contribution in [3.63, 3.8) is 0 Å². The van der Waals surface area contributed by atoms with E-state index in [1.165, 1.54) is 0 Å². The lowest BCUT2D eigenvalue weighted by molar-refractivity contribution is -0.120. The van der Waals surface area contributed by atoms with Gasteiger partial charge in [-0.15, -0.1) is 11.3 Å². The molecule has 0 spiro atoms. The molecule has 6 heteroatoms. The third kappa shape index (κ3) is 4.34. The van der Waals surface area contributed by atoms with Crippen molar-refractivity contribution in [2.45, 2.75) is 19.8 Å². The highest BCUT2D eigenvalue weighted by Crippen LogP contribution is 2.31. The zero-order valence-corrected chi connectivity index (χ0v) is 16.6. The summed E-state index contributed by atoms with van der Waals surface area (Å²) in [5, 5.41) is 6.09. The Morgan fingerprint density at radius 3 is 2.75 bits per heavy atom. The van der Waals surface area contributed by atoms with Crippen molar-refractivity contribution in [1.29, 1.82) is 0 Å². The van der Waals surface area contributed by atoms with Crippen LogP contribution in [0.4, 0.5) is 10.8 Å². The van der Waals surface area contributed by atoms with Gasteiger partial charge in [0, 0.05) is 30.6 Å². The Hall–Kier alpha value is -2.86. The van der Waals surface area contributed by atoms with Crippen LogP contribution in [0, 0.1) is 12.8 Å². The molecule has 0 radical (unpaired) electrons. The van der Waals surface area contributed by atoms with E-state index < -0.39 is 0 Å². The lowest BCUT2D eigenvalue weighted by Crippen LogP contribution is -2.38. The molecule has 4 rings (SSSR count). The average Bonchev–Trinajstić information content (AvgIpc) is 3.24. The number of nitrogens with one attached hydrogen (secondary N) is 1. The largest absolute Gasteiger partial charge is 0.455 e. The monoisotopic (exact) mass is 393 g/mol. The first-order valence-electron chi connectivity index (χ1n) is 9.48.